The van der Waals surface area contributed by atoms with Gasteiger partial charge in [-0.3, -0.25) is 4.79 Å². The number of nitrogens with zero attached hydrogens (tertiary/aromatic N) is 3. The first kappa shape index (κ1) is 23.4. The summed E-state index contributed by atoms with van der Waals surface area (Å²) in [5, 5.41) is 15.1. The Kier molecular flexibility index (Phi) is 6.32. The van der Waals surface area contributed by atoms with E-state index in [9.17, 15) is 18.3 Å². The summed E-state index contributed by atoms with van der Waals surface area (Å²) < 4.78 is 24.4. The van der Waals surface area contributed by atoms with E-state index >= 15 is 0 Å². The highest BCUT2D eigenvalue weighted by Gasteiger charge is 2.44. The summed E-state index contributed by atoms with van der Waals surface area (Å²) in [4.78, 5) is 24.2. The summed E-state index contributed by atoms with van der Waals surface area (Å²) in [6, 6.07) is 6.08. The van der Waals surface area contributed by atoms with Gasteiger partial charge in [-0.1, -0.05) is 0 Å². The van der Waals surface area contributed by atoms with Crippen LogP contribution < -0.4 is 15.5 Å². The van der Waals surface area contributed by atoms with Crippen molar-refractivity contribution in [2.24, 2.45) is 5.41 Å². The lowest BCUT2D eigenvalue weighted by Crippen LogP contribution is -2.35. The Bertz CT molecular complexity index is 1150. The van der Waals surface area contributed by atoms with Gasteiger partial charge >= 0.3 is 0 Å². The first-order valence-electron chi connectivity index (χ1n) is 11.2. The molecule has 10 heteroatoms. The summed E-state index contributed by atoms with van der Waals surface area (Å²) in [6.45, 7) is 5.11. The molecule has 2 aromatic rings. The van der Waals surface area contributed by atoms with Gasteiger partial charge in [0.15, 0.2) is 9.84 Å². The summed E-state index contributed by atoms with van der Waals surface area (Å²) >= 11 is 0. The molecule has 3 N–H and O–H groups in total. The van der Waals surface area contributed by atoms with Gasteiger partial charge in [0.05, 0.1) is 22.8 Å². The van der Waals surface area contributed by atoms with Crippen LogP contribution in [0.2, 0.25) is 0 Å². The molecule has 9 nitrogen and oxygen atoms in total. The molecule has 178 valence electrons. The van der Waals surface area contributed by atoms with Crippen molar-refractivity contribution < 1.29 is 18.3 Å². The summed E-state index contributed by atoms with van der Waals surface area (Å²) in [6.07, 6.45) is 5.80. The summed E-state index contributed by atoms with van der Waals surface area (Å²) in [5.41, 5.74) is 2.15. The second-order valence-corrected chi connectivity index (χ2v) is 11.4. The van der Waals surface area contributed by atoms with E-state index in [-0.39, 0.29) is 23.5 Å². The largest absolute Gasteiger partial charge is 0.394 e. The number of aliphatic hydroxyl groups is 1. The van der Waals surface area contributed by atoms with Crippen LogP contribution in [-0.2, 0) is 9.84 Å². The average Bonchev–Trinajstić information content (AvgIpc) is 3.51. The Morgan fingerprint density at radius 3 is 2.48 bits per heavy atom. The maximum atomic E-state index is 13.3. The molecule has 2 aliphatic rings. The second-order valence-electron chi connectivity index (χ2n) is 9.34. The molecule has 1 amide bonds. The number of piperidine rings is 1. The molecular formula is C23H31N5O4S. The van der Waals surface area contributed by atoms with Crippen LogP contribution in [0.3, 0.4) is 0 Å². The Morgan fingerprint density at radius 2 is 1.88 bits per heavy atom. The number of rotatable bonds is 7. The maximum Gasteiger partial charge on any atom is 0.258 e. The Hall–Kier alpha value is -2.72. The third-order valence-corrected chi connectivity index (χ3v) is 7.62. The minimum atomic E-state index is -3.41. The molecule has 0 unspecified atom stereocenters. The third-order valence-electron chi connectivity index (χ3n) is 6.51. The van der Waals surface area contributed by atoms with Gasteiger partial charge in [0.1, 0.15) is 5.82 Å². The first-order valence-corrected chi connectivity index (χ1v) is 13.1. The van der Waals surface area contributed by atoms with Gasteiger partial charge in [0.25, 0.3) is 5.91 Å². The molecule has 1 aliphatic heterocycles. The van der Waals surface area contributed by atoms with Crippen molar-refractivity contribution in [2.75, 3.05) is 41.5 Å². The maximum absolute atomic E-state index is 13.3. The van der Waals surface area contributed by atoms with Crippen molar-refractivity contribution in [1.29, 1.82) is 0 Å². The lowest BCUT2D eigenvalue weighted by atomic mass is 9.93. The quantitative estimate of drug-likeness (QED) is 0.561. The van der Waals surface area contributed by atoms with Gasteiger partial charge in [-0.25, -0.2) is 13.4 Å². The van der Waals surface area contributed by atoms with Crippen LogP contribution >= 0.6 is 0 Å². The zero-order valence-corrected chi connectivity index (χ0v) is 20.1. The van der Waals surface area contributed by atoms with E-state index < -0.39 is 9.84 Å². The summed E-state index contributed by atoms with van der Waals surface area (Å²) in [5.74, 6) is 0.273. The van der Waals surface area contributed by atoms with E-state index in [0.717, 1.165) is 25.9 Å². The van der Waals surface area contributed by atoms with Gasteiger partial charge < -0.3 is 20.6 Å². The second kappa shape index (κ2) is 8.90. The van der Waals surface area contributed by atoms with Crippen molar-refractivity contribution >= 4 is 33.2 Å². The smallest absolute Gasteiger partial charge is 0.258 e. The molecule has 1 aliphatic carbocycles. The van der Waals surface area contributed by atoms with E-state index in [4.69, 9.17) is 0 Å². The fourth-order valence-electron chi connectivity index (χ4n) is 4.24. The summed E-state index contributed by atoms with van der Waals surface area (Å²) in [7, 11) is -3.41. The fourth-order valence-corrected chi connectivity index (χ4v) is 4.88. The van der Waals surface area contributed by atoms with Crippen LogP contribution in [0.15, 0.2) is 29.2 Å². The van der Waals surface area contributed by atoms with E-state index in [0.29, 0.717) is 34.1 Å². The molecule has 33 heavy (non-hydrogen) atoms. The molecule has 2 heterocycles. The predicted molar refractivity (Wildman–Crippen MR) is 128 cm³/mol. The van der Waals surface area contributed by atoms with Crippen LogP contribution in [0.1, 0.15) is 48.7 Å². The van der Waals surface area contributed by atoms with Crippen LogP contribution in [0.5, 0.6) is 0 Å². The van der Waals surface area contributed by atoms with E-state index in [1.54, 1.807) is 32.0 Å². The molecule has 4 rings (SSSR count). The van der Waals surface area contributed by atoms with E-state index in [2.05, 4.69) is 25.5 Å². The number of hydrogen-bond acceptors (Lipinski definition) is 8. The van der Waals surface area contributed by atoms with Gasteiger partial charge in [0, 0.05) is 37.1 Å². The number of carbonyl (C=O) groups is 1. The van der Waals surface area contributed by atoms with Gasteiger partial charge in [-0.05, 0) is 63.1 Å². The molecule has 1 aromatic heterocycles. The Morgan fingerprint density at radius 1 is 1.18 bits per heavy atom. The number of carbonyl (C=O) groups excluding carboxylic acids is 1. The number of aliphatic hydroxyl groups excluding tert-OH is 1. The minimum absolute atomic E-state index is 0.0772. The number of sulfone groups is 1. The molecule has 0 bridgehead atoms. The number of anilines is 3. The molecule has 1 saturated heterocycles. The zero-order valence-electron chi connectivity index (χ0n) is 19.3. The molecule has 1 atom stereocenters. The molecule has 2 fully saturated rings. The van der Waals surface area contributed by atoms with Crippen molar-refractivity contribution in [2.45, 2.75) is 50.5 Å². The molecule has 1 aromatic carbocycles. The van der Waals surface area contributed by atoms with Crippen molar-refractivity contribution in [3.05, 3.63) is 35.5 Å². The lowest BCUT2D eigenvalue weighted by Gasteiger charge is -2.35. The number of aromatic nitrogens is 2. The highest BCUT2D eigenvalue weighted by molar-refractivity contribution is 7.90. The van der Waals surface area contributed by atoms with Gasteiger partial charge in [-0.15, -0.1) is 0 Å². The van der Waals surface area contributed by atoms with Crippen LogP contribution in [0.4, 0.5) is 17.5 Å². The molecule has 0 radical (unpaired) electrons. The lowest BCUT2D eigenvalue weighted by molar-refractivity contribution is 0.102. The molecule has 1 saturated carbocycles. The number of nitrogens with one attached hydrogen (secondary N) is 2. The Labute approximate surface area is 194 Å². The topological polar surface area (TPSA) is 125 Å². The monoisotopic (exact) mass is 473 g/mol. The van der Waals surface area contributed by atoms with Gasteiger partial charge in [0.2, 0.25) is 5.95 Å². The highest BCUT2D eigenvalue weighted by Crippen LogP contribution is 2.54. The molecular weight excluding hydrogens is 442 g/mol. The number of benzene rings is 1. The van der Waals surface area contributed by atoms with Crippen molar-refractivity contribution in [3.8, 4) is 0 Å². The first-order chi connectivity index (χ1) is 15.6. The predicted octanol–water partition coefficient (Wildman–Crippen LogP) is 2.61. The Balaban J connectivity index is 1.62. The SMILES string of the molecule is Cc1cc(NC(=O)c2ccc(S(C)(=O)=O)cc2N2CCC3(CC2)CC3)nc(N[C@H](C)CO)n1. The van der Waals surface area contributed by atoms with E-state index in [1.165, 1.54) is 25.2 Å². The van der Waals surface area contributed by atoms with Crippen LogP contribution in [0, 0.1) is 12.3 Å². The number of hydrogen-bond donors (Lipinski definition) is 3. The average molecular weight is 474 g/mol. The zero-order chi connectivity index (χ0) is 23.8. The van der Waals surface area contributed by atoms with E-state index in [1.807, 2.05) is 0 Å². The standard InChI is InChI=1S/C23H31N5O4S/c1-15-12-20(27-22(24-15)25-16(2)14-29)26-21(30)18-5-4-17(33(3,31)32)13-19(18)28-10-8-23(6-7-23)9-11-28/h4-5,12-13,16,29H,6-11,14H2,1-3H3,(H2,24,25,26,27,30)/t16-/m1/s1. The number of amides is 1. The normalized spacial score (nSPS) is 18.1. The van der Waals surface area contributed by atoms with Crippen molar-refractivity contribution in [1.82, 2.24) is 9.97 Å². The highest BCUT2D eigenvalue weighted by atomic mass is 32.2. The third kappa shape index (κ3) is 5.44. The molecule has 1 spiro atoms. The fraction of sp³-hybridized carbons (Fsp3) is 0.522. The van der Waals surface area contributed by atoms with Gasteiger partial charge in [-0.2, -0.15) is 4.98 Å². The minimum Gasteiger partial charge on any atom is -0.394 e. The number of aryl methyl sites for hydroxylation is 1. The van der Waals surface area contributed by atoms with Crippen LogP contribution in [0.25, 0.3) is 0 Å². The van der Waals surface area contributed by atoms with Crippen LogP contribution in [-0.4, -0.2) is 61.4 Å². The van der Waals surface area contributed by atoms with Crippen molar-refractivity contribution in [3.63, 3.8) is 0 Å².